The Kier molecular flexibility index (Phi) is 6.79. The standard InChI is InChI=1S/C19H28N2O3/c1-4-14(3)17(20-18(22)15-9-7-6-8-10-15)19(23)21-11-12-24-16(5-2)13-21/h6-10,14,16-17H,4-5,11-13H2,1-3H3,(H,20,22)/t14-,16-,17-/m1/s1. The number of benzene rings is 1. The zero-order valence-corrected chi connectivity index (χ0v) is 14.8. The van der Waals surface area contributed by atoms with E-state index in [1.807, 2.05) is 36.9 Å². The van der Waals surface area contributed by atoms with E-state index in [0.717, 1.165) is 12.8 Å². The molecule has 1 fully saturated rings. The number of ether oxygens (including phenoxy) is 1. The summed E-state index contributed by atoms with van der Waals surface area (Å²) in [6.45, 7) is 7.85. The number of morpholine rings is 1. The Morgan fingerprint density at radius 2 is 2.00 bits per heavy atom. The summed E-state index contributed by atoms with van der Waals surface area (Å²) in [6.07, 6.45) is 1.80. The first-order valence-corrected chi connectivity index (χ1v) is 8.83. The van der Waals surface area contributed by atoms with Gasteiger partial charge in [0.15, 0.2) is 0 Å². The van der Waals surface area contributed by atoms with Gasteiger partial charge in [-0.25, -0.2) is 0 Å². The highest BCUT2D eigenvalue weighted by atomic mass is 16.5. The van der Waals surface area contributed by atoms with Gasteiger partial charge in [-0.1, -0.05) is 45.4 Å². The van der Waals surface area contributed by atoms with Crippen molar-refractivity contribution in [1.29, 1.82) is 0 Å². The molecule has 1 aliphatic heterocycles. The maximum atomic E-state index is 13.0. The second-order valence-electron chi connectivity index (χ2n) is 6.39. The molecule has 1 aliphatic rings. The molecule has 1 saturated heterocycles. The highest BCUT2D eigenvalue weighted by Crippen LogP contribution is 2.16. The lowest BCUT2D eigenvalue weighted by atomic mass is 9.96. The van der Waals surface area contributed by atoms with Gasteiger partial charge in [0.1, 0.15) is 6.04 Å². The van der Waals surface area contributed by atoms with Gasteiger partial charge in [0.05, 0.1) is 12.7 Å². The molecule has 0 bridgehead atoms. The molecule has 0 saturated carbocycles. The molecule has 1 heterocycles. The maximum Gasteiger partial charge on any atom is 0.251 e. The Morgan fingerprint density at radius 1 is 1.29 bits per heavy atom. The van der Waals surface area contributed by atoms with Crippen molar-refractivity contribution in [3.05, 3.63) is 35.9 Å². The lowest BCUT2D eigenvalue weighted by molar-refractivity contribution is -0.142. The quantitative estimate of drug-likeness (QED) is 0.870. The zero-order valence-electron chi connectivity index (χ0n) is 14.8. The molecule has 5 heteroatoms. The molecule has 5 nitrogen and oxygen atoms in total. The minimum absolute atomic E-state index is 0.00428. The van der Waals surface area contributed by atoms with Crippen molar-refractivity contribution in [1.82, 2.24) is 10.2 Å². The number of carbonyl (C=O) groups excluding carboxylic acids is 2. The fraction of sp³-hybridized carbons (Fsp3) is 0.579. The van der Waals surface area contributed by atoms with Crippen LogP contribution >= 0.6 is 0 Å². The molecule has 3 atom stereocenters. The second kappa shape index (κ2) is 8.83. The molecule has 1 aromatic carbocycles. The van der Waals surface area contributed by atoms with Crippen LogP contribution in [0.1, 0.15) is 44.0 Å². The third-order valence-electron chi connectivity index (χ3n) is 4.71. The van der Waals surface area contributed by atoms with E-state index in [4.69, 9.17) is 4.74 Å². The first-order valence-electron chi connectivity index (χ1n) is 8.83. The third-order valence-corrected chi connectivity index (χ3v) is 4.71. The number of hydrogen-bond acceptors (Lipinski definition) is 3. The van der Waals surface area contributed by atoms with E-state index in [9.17, 15) is 9.59 Å². The van der Waals surface area contributed by atoms with Gasteiger partial charge >= 0.3 is 0 Å². The molecule has 0 radical (unpaired) electrons. The van der Waals surface area contributed by atoms with E-state index >= 15 is 0 Å². The van der Waals surface area contributed by atoms with Gasteiger partial charge in [-0.2, -0.15) is 0 Å². The van der Waals surface area contributed by atoms with E-state index in [2.05, 4.69) is 12.2 Å². The summed E-state index contributed by atoms with van der Waals surface area (Å²) in [5.74, 6) is -0.127. The van der Waals surface area contributed by atoms with Crippen LogP contribution in [0.15, 0.2) is 30.3 Å². The van der Waals surface area contributed by atoms with Crippen molar-refractivity contribution in [2.24, 2.45) is 5.92 Å². The van der Waals surface area contributed by atoms with Crippen LogP contribution in [0.4, 0.5) is 0 Å². The Hall–Kier alpha value is -1.88. The van der Waals surface area contributed by atoms with E-state index < -0.39 is 6.04 Å². The number of carbonyl (C=O) groups is 2. The van der Waals surface area contributed by atoms with Crippen LogP contribution in [-0.2, 0) is 9.53 Å². The van der Waals surface area contributed by atoms with Crippen LogP contribution < -0.4 is 5.32 Å². The van der Waals surface area contributed by atoms with Gasteiger partial charge in [-0.05, 0) is 24.5 Å². The average molecular weight is 332 g/mol. The molecule has 2 rings (SSSR count). The molecular weight excluding hydrogens is 304 g/mol. The van der Waals surface area contributed by atoms with Crippen LogP contribution in [0.3, 0.4) is 0 Å². The molecule has 0 aromatic heterocycles. The van der Waals surface area contributed by atoms with Crippen molar-refractivity contribution in [3.8, 4) is 0 Å². The first kappa shape index (κ1) is 18.5. The van der Waals surface area contributed by atoms with Crippen molar-refractivity contribution >= 4 is 11.8 Å². The summed E-state index contributed by atoms with van der Waals surface area (Å²) >= 11 is 0. The molecular formula is C19H28N2O3. The van der Waals surface area contributed by atoms with Gasteiger partial charge in [-0.3, -0.25) is 9.59 Å². The summed E-state index contributed by atoms with van der Waals surface area (Å²) < 4.78 is 5.64. The summed E-state index contributed by atoms with van der Waals surface area (Å²) in [6, 6.07) is 8.53. The third kappa shape index (κ3) is 4.57. The predicted molar refractivity (Wildman–Crippen MR) is 93.8 cm³/mol. The van der Waals surface area contributed by atoms with Gasteiger partial charge < -0.3 is 15.0 Å². The zero-order chi connectivity index (χ0) is 17.5. The number of nitrogens with zero attached hydrogens (tertiary/aromatic N) is 1. The largest absolute Gasteiger partial charge is 0.375 e. The molecule has 0 aliphatic carbocycles. The summed E-state index contributed by atoms with van der Waals surface area (Å²) in [5.41, 5.74) is 0.576. The van der Waals surface area contributed by atoms with Crippen LogP contribution in [0, 0.1) is 5.92 Å². The monoisotopic (exact) mass is 332 g/mol. The predicted octanol–water partition coefficient (Wildman–Crippen LogP) is 2.47. The minimum Gasteiger partial charge on any atom is -0.375 e. The SMILES string of the molecule is CC[C@@H]1CN(C(=O)[C@H](NC(=O)c2ccccc2)[C@H](C)CC)CCO1. The number of nitrogens with one attached hydrogen (secondary N) is 1. The Bertz CT molecular complexity index is 547. The molecule has 1 N–H and O–H groups in total. The van der Waals surface area contributed by atoms with E-state index in [0.29, 0.717) is 25.3 Å². The molecule has 24 heavy (non-hydrogen) atoms. The van der Waals surface area contributed by atoms with Crippen LogP contribution in [0.25, 0.3) is 0 Å². The fourth-order valence-corrected chi connectivity index (χ4v) is 2.86. The Morgan fingerprint density at radius 3 is 2.62 bits per heavy atom. The maximum absolute atomic E-state index is 13.0. The van der Waals surface area contributed by atoms with Gasteiger partial charge in [0.2, 0.25) is 5.91 Å². The topological polar surface area (TPSA) is 58.6 Å². The second-order valence-corrected chi connectivity index (χ2v) is 6.39. The van der Waals surface area contributed by atoms with Crippen molar-refractivity contribution in [3.63, 3.8) is 0 Å². The van der Waals surface area contributed by atoms with Crippen LogP contribution in [-0.4, -0.2) is 48.6 Å². The lowest BCUT2D eigenvalue weighted by Gasteiger charge is -2.36. The van der Waals surface area contributed by atoms with Crippen molar-refractivity contribution in [2.45, 2.75) is 45.8 Å². The van der Waals surface area contributed by atoms with Gasteiger partial charge in [0.25, 0.3) is 5.91 Å². The van der Waals surface area contributed by atoms with Crippen LogP contribution in [0.2, 0.25) is 0 Å². The van der Waals surface area contributed by atoms with Crippen LogP contribution in [0.5, 0.6) is 0 Å². The molecule has 0 unspecified atom stereocenters. The lowest BCUT2D eigenvalue weighted by Crippen LogP contribution is -2.55. The summed E-state index contributed by atoms with van der Waals surface area (Å²) in [4.78, 5) is 27.3. The smallest absolute Gasteiger partial charge is 0.251 e. The Balaban J connectivity index is 2.10. The number of amides is 2. The molecule has 132 valence electrons. The number of rotatable bonds is 6. The Labute approximate surface area is 144 Å². The molecule has 1 aromatic rings. The van der Waals surface area contributed by atoms with Crippen molar-refractivity contribution < 1.29 is 14.3 Å². The minimum atomic E-state index is -0.502. The summed E-state index contributed by atoms with van der Waals surface area (Å²) in [5, 5.41) is 2.94. The molecule has 0 spiro atoms. The average Bonchev–Trinajstić information content (AvgIpc) is 2.65. The highest BCUT2D eigenvalue weighted by Gasteiger charge is 2.32. The van der Waals surface area contributed by atoms with Gasteiger partial charge in [-0.15, -0.1) is 0 Å². The van der Waals surface area contributed by atoms with E-state index in [1.54, 1.807) is 12.1 Å². The first-order chi connectivity index (χ1) is 11.6. The van der Waals surface area contributed by atoms with Crippen molar-refractivity contribution in [2.75, 3.05) is 19.7 Å². The van der Waals surface area contributed by atoms with Gasteiger partial charge in [0, 0.05) is 18.7 Å². The normalized spacial score (nSPS) is 20.3. The van der Waals surface area contributed by atoms with E-state index in [1.165, 1.54) is 0 Å². The highest BCUT2D eigenvalue weighted by molar-refractivity contribution is 5.97. The summed E-state index contributed by atoms with van der Waals surface area (Å²) in [7, 11) is 0. The fourth-order valence-electron chi connectivity index (χ4n) is 2.86. The molecule has 2 amide bonds. The number of hydrogen-bond donors (Lipinski definition) is 1. The van der Waals surface area contributed by atoms with E-state index in [-0.39, 0.29) is 23.8 Å².